The van der Waals surface area contributed by atoms with Crippen LogP contribution >= 0.6 is 0 Å². The summed E-state index contributed by atoms with van der Waals surface area (Å²) in [4.78, 5) is 0. The van der Waals surface area contributed by atoms with Crippen LogP contribution < -0.4 is 10.4 Å². The number of rotatable bonds is 5. The maximum absolute atomic E-state index is 2.53. The highest BCUT2D eigenvalue weighted by Gasteiger charge is 2.46. The van der Waals surface area contributed by atoms with E-state index in [1.807, 2.05) is 0 Å². The largest absolute Gasteiger partial charge is 0.116 e. The van der Waals surface area contributed by atoms with E-state index >= 15 is 0 Å². The molecule has 0 N–H and O–H groups in total. The third kappa shape index (κ3) is 2.95. The summed E-state index contributed by atoms with van der Waals surface area (Å²) in [6, 6.07) is 22.5. The summed E-state index contributed by atoms with van der Waals surface area (Å²) in [5.41, 5.74) is 6.36. The predicted octanol–water partition coefficient (Wildman–Crippen LogP) is 5.25. The summed E-state index contributed by atoms with van der Waals surface area (Å²) < 4.78 is 0. The molecule has 0 aliphatic heterocycles. The van der Waals surface area contributed by atoms with Gasteiger partial charge in [-0.1, -0.05) is 102 Å². The van der Waals surface area contributed by atoms with Crippen LogP contribution in [0, 0.1) is 0 Å². The molecule has 1 aliphatic carbocycles. The van der Waals surface area contributed by atoms with E-state index in [0.717, 1.165) is 0 Å². The molecule has 1 aliphatic rings. The molecule has 1 atom stereocenters. The first-order valence-electron chi connectivity index (χ1n) is 9.50. The van der Waals surface area contributed by atoms with Gasteiger partial charge in [0.25, 0.3) is 0 Å². The van der Waals surface area contributed by atoms with Gasteiger partial charge in [-0.3, -0.25) is 0 Å². The van der Waals surface area contributed by atoms with Crippen LogP contribution in [-0.2, 0) is 0 Å². The second-order valence-electron chi connectivity index (χ2n) is 7.56. The quantitative estimate of drug-likeness (QED) is 0.648. The van der Waals surface area contributed by atoms with Crippen molar-refractivity contribution in [2.24, 2.45) is 0 Å². The average Bonchev–Trinajstić information content (AvgIpc) is 2.80. The van der Waals surface area contributed by atoms with Crippen molar-refractivity contribution >= 4 is 19.2 Å². The van der Waals surface area contributed by atoms with Crippen molar-refractivity contribution in [3.63, 3.8) is 0 Å². The number of hydrogen-bond donors (Lipinski definition) is 0. The molecule has 2 aromatic rings. The molecule has 2 aromatic carbocycles. The van der Waals surface area contributed by atoms with E-state index in [4.69, 9.17) is 0 Å². The summed E-state index contributed by atoms with van der Waals surface area (Å²) in [5.74, 6) is 0. The lowest BCUT2D eigenvalue weighted by Crippen LogP contribution is -2.51. The average molecular weight is 347 g/mol. The summed E-state index contributed by atoms with van der Waals surface area (Å²) in [7, 11) is -1.46. The van der Waals surface area contributed by atoms with E-state index in [9.17, 15) is 0 Å². The standard InChI is InChI=1S/C24H30Si/c1-6-13-23-19(3)18(2)20(4)24(23,5)25(21-14-9-7-10-15-21)22-16-11-8-12-17-22/h7-12,14-17,25H,6,13H2,1-5H3. The van der Waals surface area contributed by atoms with Crippen LogP contribution in [0.15, 0.2) is 83.0 Å². The minimum atomic E-state index is -1.46. The van der Waals surface area contributed by atoms with Crippen LogP contribution in [-0.4, -0.2) is 8.80 Å². The van der Waals surface area contributed by atoms with E-state index in [0.29, 0.717) is 0 Å². The first-order valence-corrected chi connectivity index (χ1v) is 11.2. The van der Waals surface area contributed by atoms with Gasteiger partial charge in [-0.2, -0.15) is 0 Å². The Morgan fingerprint density at radius 2 is 1.24 bits per heavy atom. The molecule has 0 saturated carbocycles. The third-order valence-corrected chi connectivity index (χ3v) is 10.4. The Balaban J connectivity index is 2.25. The predicted molar refractivity (Wildman–Crippen MR) is 114 cm³/mol. The zero-order valence-electron chi connectivity index (χ0n) is 16.3. The molecule has 0 spiro atoms. The zero-order chi connectivity index (χ0) is 18.0. The minimum absolute atomic E-state index is 0.187. The third-order valence-electron chi connectivity index (χ3n) is 6.33. The SMILES string of the molecule is CCCC1=C(C)C(C)=C(C)C1(C)[SiH](c1ccccc1)c1ccccc1. The molecule has 130 valence electrons. The molecule has 0 radical (unpaired) electrons. The van der Waals surface area contributed by atoms with E-state index in [-0.39, 0.29) is 5.04 Å². The molecular weight excluding hydrogens is 316 g/mol. The van der Waals surface area contributed by atoms with Crippen molar-refractivity contribution in [2.45, 2.75) is 52.5 Å². The minimum Gasteiger partial charge on any atom is -0.0651 e. The highest BCUT2D eigenvalue weighted by Crippen LogP contribution is 2.55. The Labute approximate surface area is 154 Å². The van der Waals surface area contributed by atoms with Crippen molar-refractivity contribution in [3.05, 3.63) is 83.0 Å². The van der Waals surface area contributed by atoms with Crippen LogP contribution in [0.1, 0.15) is 47.5 Å². The Morgan fingerprint density at radius 3 is 1.68 bits per heavy atom. The van der Waals surface area contributed by atoms with Crippen LogP contribution in [0.3, 0.4) is 0 Å². The molecule has 1 heteroatoms. The Bertz CT molecular complexity index is 759. The Kier molecular flexibility index (Phi) is 5.15. The molecule has 0 amide bonds. The lowest BCUT2D eigenvalue weighted by atomic mass is 9.93. The van der Waals surface area contributed by atoms with Crippen LogP contribution in [0.4, 0.5) is 0 Å². The number of hydrogen-bond acceptors (Lipinski definition) is 0. The van der Waals surface area contributed by atoms with E-state index in [1.165, 1.54) is 18.4 Å². The second kappa shape index (κ2) is 7.17. The summed E-state index contributed by atoms with van der Waals surface area (Å²) in [6.45, 7) is 11.9. The fourth-order valence-electron chi connectivity index (χ4n) is 4.75. The van der Waals surface area contributed by atoms with Crippen LogP contribution in [0.25, 0.3) is 0 Å². The van der Waals surface area contributed by atoms with Gasteiger partial charge in [0, 0.05) is 5.04 Å². The normalized spacial score (nSPS) is 20.7. The van der Waals surface area contributed by atoms with Crippen molar-refractivity contribution < 1.29 is 0 Å². The summed E-state index contributed by atoms with van der Waals surface area (Å²) >= 11 is 0. The first kappa shape index (κ1) is 17.9. The van der Waals surface area contributed by atoms with Gasteiger partial charge in [-0.05, 0) is 38.3 Å². The molecular formula is C24H30Si. The van der Waals surface area contributed by atoms with Gasteiger partial charge >= 0.3 is 0 Å². The zero-order valence-corrected chi connectivity index (χ0v) is 17.4. The first-order chi connectivity index (χ1) is 12.0. The highest BCUT2D eigenvalue weighted by atomic mass is 28.3. The van der Waals surface area contributed by atoms with E-state index in [1.54, 1.807) is 27.1 Å². The summed E-state index contributed by atoms with van der Waals surface area (Å²) in [6.07, 6.45) is 2.42. The van der Waals surface area contributed by atoms with Gasteiger partial charge in [0.15, 0.2) is 0 Å². The smallest absolute Gasteiger partial charge is 0.0651 e. The van der Waals surface area contributed by atoms with Crippen LogP contribution in [0.5, 0.6) is 0 Å². The fourth-order valence-corrected chi connectivity index (χ4v) is 9.04. The van der Waals surface area contributed by atoms with Crippen molar-refractivity contribution in [2.75, 3.05) is 0 Å². The van der Waals surface area contributed by atoms with Gasteiger partial charge < -0.3 is 0 Å². The van der Waals surface area contributed by atoms with Crippen LogP contribution in [0.2, 0.25) is 5.04 Å². The molecule has 1 unspecified atom stereocenters. The van der Waals surface area contributed by atoms with Crippen molar-refractivity contribution in [3.8, 4) is 0 Å². The number of allylic oxidation sites excluding steroid dienone is 4. The highest BCUT2D eigenvalue weighted by molar-refractivity contribution is 6.88. The molecule has 0 nitrogen and oxygen atoms in total. The Hall–Kier alpha value is -1.86. The molecule has 25 heavy (non-hydrogen) atoms. The second-order valence-corrected chi connectivity index (χ2v) is 10.9. The van der Waals surface area contributed by atoms with Crippen molar-refractivity contribution in [1.29, 1.82) is 0 Å². The summed E-state index contributed by atoms with van der Waals surface area (Å²) in [5, 5.41) is 3.28. The van der Waals surface area contributed by atoms with Crippen molar-refractivity contribution in [1.82, 2.24) is 0 Å². The van der Waals surface area contributed by atoms with Gasteiger partial charge in [-0.15, -0.1) is 0 Å². The maximum Gasteiger partial charge on any atom is 0.116 e. The molecule has 0 saturated heterocycles. The van der Waals surface area contributed by atoms with E-state index in [2.05, 4.69) is 95.3 Å². The molecule has 0 bridgehead atoms. The Morgan fingerprint density at radius 1 is 0.760 bits per heavy atom. The van der Waals surface area contributed by atoms with E-state index < -0.39 is 8.80 Å². The maximum atomic E-state index is 2.53. The topological polar surface area (TPSA) is 0 Å². The van der Waals surface area contributed by atoms with Gasteiger partial charge in [0.2, 0.25) is 0 Å². The van der Waals surface area contributed by atoms with Gasteiger partial charge in [-0.25, -0.2) is 0 Å². The molecule has 3 rings (SSSR count). The molecule has 0 fully saturated rings. The monoisotopic (exact) mass is 346 g/mol. The molecule has 0 heterocycles. The van der Waals surface area contributed by atoms with Gasteiger partial charge in [0.1, 0.15) is 8.80 Å². The molecule has 0 aromatic heterocycles. The number of benzene rings is 2. The van der Waals surface area contributed by atoms with Gasteiger partial charge in [0.05, 0.1) is 0 Å². The lowest BCUT2D eigenvalue weighted by Gasteiger charge is -2.39. The fraction of sp³-hybridized carbons (Fsp3) is 0.333. The lowest BCUT2D eigenvalue weighted by molar-refractivity contribution is 0.744.